The van der Waals surface area contributed by atoms with E-state index in [1.54, 1.807) is 4.52 Å². The number of ether oxygens (including phenoxy) is 1. The van der Waals surface area contributed by atoms with Gasteiger partial charge in [0.25, 0.3) is 5.78 Å². The van der Waals surface area contributed by atoms with E-state index in [0.29, 0.717) is 18.4 Å². The summed E-state index contributed by atoms with van der Waals surface area (Å²) in [5, 5.41) is 4.40. The lowest BCUT2D eigenvalue weighted by Gasteiger charge is -2.42. The summed E-state index contributed by atoms with van der Waals surface area (Å²) in [4.78, 5) is 25.8. The molecule has 1 unspecified atom stereocenters. The molecule has 1 aliphatic heterocycles. The number of carbonyl (C=O) groups is 1. The van der Waals surface area contributed by atoms with E-state index in [-0.39, 0.29) is 12.4 Å². The third-order valence-electron chi connectivity index (χ3n) is 5.59. The van der Waals surface area contributed by atoms with Crippen molar-refractivity contribution in [3.63, 3.8) is 0 Å². The Morgan fingerprint density at radius 3 is 2.83 bits per heavy atom. The molecule has 1 saturated heterocycles. The molecule has 158 valence electrons. The molecule has 0 saturated carbocycles. The van der Waals surface area contributed by atoms with Crippen molar-refractivity contribution in [3.05, 3.63) is 47.4 Å². The Morgan fingerprint density at radius 1 is 1.27 bits per heavy atom. The normalized spacial score (nSPS) is 16.9. The standard InChI is InChI=1S/C22H28N6O2/c1-5-30-20(29)12-19-17(4)25-22-23-14-24-28(22)21(19)26-9-10-27(16(3)13-26)18-8-6-7-15(2)11-18/h6-8,11,14,16H,5,9-10,12-13H2,1-4H3. The van der Waals surface area contributed by atoms with Crippen LogP contribution in [0, 0.1) is 13.8 Å². The second-order valence-corrected chi connectivity index (χ2v) is 7.78. The summed E-state index contributed by atoms with van der Waals surface area (Å²) in [5.41, 5.74) is 4.13. The summed E-state index contributed by atoms with van der Waals surface area (Å²) in [5.74, 6) is 1.18. The molecule has 30 heavy (non-hydrogen) atoms. The number of fused-ring (bicyclic) bond motifs is 1. The number of rotatable bonds is 5. The van der Waals surface area contributed by atoms with Gasteiger partial charge >= 0.3 is 5.97 Å². The number of carbonyl (C=O) groups excluding carboxylic acids is 1. The minimum atomic E-state index is -0.255. The molecule has 1 aromatic carbocycles. The number of aryl methyl sites for hydroxylation is 2. The van der Waals surface area contributed by atoms with Crippen molar-refractivity contribution >= 4 is 23.3 Å². The second-order valence-electron chi connectivity index (χ2n) is 7.78. The predicted molar refractivity (Wildman–Crippen MR) is 116 cm³/mol. The van der Waals surface area contributed by atoms with Crippen LogP contribution in [0.1, 0.15) is 30.7 Å². The van der Waals surface area contributed by atoms with Crippen LogP contribution in [-0.4, -0.2) is 57.8 Å². The Labute approximate surface area is 176 Å². The monoisotopic (exact) mass is 408 g/mol. The van der Waals surface area contributed by atoms with E-state index in [4.69, 9.17) is 4.74 Å². The number of hydrogen-bond donors (Lipinski definition) is 0. The van der Waals surface area contributed by atoms with Gasteiger partial charge in [0, 0.05) is 42.6 Å². The summed E-state index contributed by atoms with van der Waals surface area (Å²) < 4.78 is 6.95. The van der Waals surface area contributed by atoms with Gasteiger partial charge in [0.2, 0.25) is 0 Å². The summed E-state index contributed by atoms with van der Waals surface area (Å²) in [7, 11) is 0. The highest BCUT2D eigenvalue weighted by molar-refractivity contribution is 5.76. The van der Waals surface area contributed by atoms with Gasteiger partial charge in [-0.2, -0.15) is 14.6 Å². The van der Waals surface area contributed by atoms with Gasteiger partial charge in [0.05, 0.1) is 13.0 Å². The van der Waals surface area contributed by atoms with Gasteiger partial charge in [-0.25, -0.2) is 4.98 Å². The van der Waals surface area contributed by atoms with E-state index in [1.165, 1.54) is 17.6 Å². The number of hydrogen-bond acceptors (Lipinski definition) is 7. The summed E-state index contributed by atoms with van der Waals surface area (Å²) >= 11 is 0. The first-order valence-electron chi connectivity index (χ1n) is 10.4. The predicted octanol–water partition coefficient (Wildman–Crippen LogP) is 2.56. The first-order chi connectivity index (χ1) is 14.5. The Kier molecular flexibility index (Phi) is 5.57. The maximum absolute atomic E-state index is 12.3. The van der Waals surface area contributed by atoms with Gasteiger partial charge < -0.3 is 14.5 Å². The SMILES string of the molecule is CCOC(=O)Cc1c(C)nc2ncnn2c1N1CCN(c2cccc(C)c2)C(C)C1. The molecule has 0 aliphatic carbocycles. The molecule has 0 spiro atoms. The fourth-order valence-corrected chi connectivity index (χ4v) is 4.20. The maximum Gasteiger partial charge on any atom is 0.310 e. The molecule has 2 aromatic heterocycles. The van der Waals surface area contributed by atoms with Crippen molar-refractivity contribution in [1.82, 2.24) is 19.6 Å². The molecule has 3 aromatic rings. The van der Waals surface area contributed by atoms with Crippen LogP contribution >= 0.6 is 0 Å². The molecule has 1 fully saturated rings. The quantitative estimate of drug-likeness (QED) is 0.601. The van der Waals surface area contributed by atoms with Gasteiger partial charge in [0.1, 0.15) is 12.1 Å². The topological polar surface area (TPSA) is 75.9 Å². The first kappa shape index (κ1) is 20.1. The Balaban J connectivity index is 1.67. The highest BCUT2D eigenvalue weighted by Crippen LogP contribution is 2.29. The minimum absolute atomic E-state index is 0.171. The van der Waals surface area contributed by atoms with Crippen molar-refractivity contribution in [2.75, 3.05) is 36.0 Å². The molecule has 0 amide bonds. The summed E-state index contributed by atoms with van der Waals surface area (Å²) in [6.07, 6.45) is 1.68. The van der Waals surface area contributed by atoms with E-state index in [0.717, 1.165) is 36.7 Å². The molecule has 8 heteroatoms. The van der Waals surface area contributed by atoms with Gasteiger partial charge in [-0.3, -0.25) is 4.79 Å². The average molecular weight is 409 g/mol. The third-order valence-corrected chi connectivity index (χ3v) is 5.59. The van der Waals surface area contributed by atoms with E-state index < -0.39 is 0 Å². The lowest BCUT2D eigenvalue weighted by atomic mass is 10.1. The summed E-state index contributed by atoms with van der Waals surface area (Å²) in [6.45, 7) is 10.9. The molecule has 8 nitrogen and oxygen atoms in total. The van der Waals surface area contributed by atoms with Gasteiger partial charge in [-0.1, -0.05) is 12.1 Å². The number of nitrogens with zero attached hydrogens (tertiary/aromatic N) is 6. The molecule has 3 heterocycles. The van der Waals surface area contributed by atoms with Crippen LogP contribution in [-0.2, 0) is 16.0 Å². The number of aromatic nitrogens is 4. The van der Waals surface area contributed by atoms with Crippen LogP contribution in [0.15, 0.2) is 30.6 Å². The van der Waals surface area contributed by atoms with Crippen molar-refractivity contribution in [2.24, 2.45) is 0 Å². The van der Waals surface area contributed by atoms with Crippen molar-refractivity contribution < 1.29 is 9.53 Å². The van der Waals surface area contributed by atoms with Crippen LogP contribution < -0.4 is 9.80 Å². The van der Waals surface area contributed by atoms with Gasteiger partial charge in [0.15, 0.2) is 0 Å². The molecule has 4 rings (SSSR count). The van der Waals surface area contributed by atoms with Crippen molar-refractivity contribution in [1.29, 1.82) is 0 Å². The largest absolute Gasteiger partial charge is 0.466 e. The van der Waals surface area contributed by atoms with Crippen LogP contribution in [0.4, 0.5) is 11.5 Å². The molecular formula is C22H28N6O2. The lowest BCUT2D eigenvalue weighted by molar-refractivity contribution is -0.142. The Hall–Kier alpha value is -3.16. The number of piperazine rings is 1. The molecule has 0 bridgehead atoms. The van der Waals surface area contributed by atoms with E-state index in [2.05, 4.69) is 63.0 Å². The molecule has 0 N–H and O–H groups in total. The van der Waals surface area contributed by atoms with Gasteiger partial charge in [-0.15, -0.1) is 0 Å². The highest BCUT2D eigenvalue weighted by atomic mass is 16.5. The van der Waals surface area contributed by atoms with Crippen molar-refractivity contribution in [2.45, 2.75) is 40.2 Å². The third kappa shape index (κ3) is 3.81. The number of anilines is 2. The highest BCUT2D eigenvalue weighted by Gasteiger charge is 2.29. The number of benzene rings is 1. The van der Waals surface area contributed by atoms with Crippen LogP contribution in [0.5, 0.6) is 0 Å². The fourth-order valence-electron chi connectivity index (χ4n) is 4.20. The molecular weight excluding hydrogens is 380 g/mol. The maximum atomic E-state index is 12.3. The van der Waals surface area contributed by atoms with E-state index in [9.17, 15) is 4.79 Å². The molecule has 1 atom stereocenters. The lowest BCUT2D eigenvalue weighted by Crippen LogP contribution is -2.53. The number of esters is 1. The molecule has 1 aliphatic rings. The Morgan fingerprint density at radius 2 is 2.10 bits per heavy atom. The average Bonchev–Trinajstić information content (AvgIpc) is 3.16. The first-order valence-corrected chi connectivity index (χ1v) is 10.4. The minimum Gasteiger partial charge on any atom is -0.466 e. The Bertz CT molecular complexity index is 1060. The van der Waals surface area contributed by atoms with Crippen LogP contribution in [0.3, 0.4) is 0 Å². The zero-order valence-corrected chi connectivity index (χ0v) is 18.0. The van der Waals surface area contributed by atoms with E-state index >= 15 is 0 Å². The van der Waals surface area contributed by atoms with Crippen LogP contribution in [0.25, 0.3) is 5.78 Å². The fraction of sp³-hybridized carbons (Fsp3) is 0.455. The summed E-state index contributed by atoms with van der Waals surface area (Å²) in [6, 6.07) is 8.91. The van der Waals surface area contributed by atoms with Crippen LogP contribution in [0.2, 0.25) is 0 Å². The van der Waals surface area contributed by atoms with E-state index in [1.807, 2.05) is 13.8 Å². The van der Waals surface area contributed by atoms with Gasteiger partial charge in [-0.05, 0) is 45.4 Å². The second kappa shape index (κ2) is 8.30. The zero-order chi connectivity index (χ0) is 21.3. The van der Waals surface area contributed by atoms with Crippen molar-refractivity contribution in [3.8, 4) is 0 Å². The smallest absolute Gasteiger partial charge is 0.310 e. The molecule has 0 radical (unpaired) electrons. The zero-order valence-electron chi connectivity index (χ0n) is 18.0.